The zero-order valence-electron chi connectivity index (χ0n) is 8.96. The van der Waals surface area contributed by atoms with Crippen molar-refractivity contribution in [3.8, 4) is 0 Å². The van der Waals surface area contributed by atoms with Gasteiger partial charge in [-0.25, -0.2) is 6.08 Å². The molecule has 2 heteroatoms. The van der Waals surface area contributed by atoms with Crippen LogP contribution in [0.4, 0.5) is 0 Å². The van der Waals surface area contributed by atoms with Crippen LogP contribution in [-0.4, -0.2) is 0 Å². The smallest absolute Gasteiger partial charge is 0.00678 e. The summed E-state index contributed by atoms with van der Waals surface area (Å²) in [6.07, 6.45) is 4.31. The molecule has 1 aliphatic rings. The molecule has 75 valence electrons. The van der Waals surface area contributed by atoms with Gasteiger partial charge in [-0.15, -0.1) is 24.3 Å². The van der Waals surface area contributed by atoms with Gasteiger partial charge in [0.15, 0.2) is 0 Å². The van der Waals surface area contributed by atoms with Gasteiger partial charge in [0.05, 0.1) is 0 Å². The van der Waals surface area contributed by atoms with Crippen LogP contribution in [0.3, 0.4) is 0 Å². The summed E-state index contributed by atoms with van der Waals surface area (Å²) in [6.45, 7) is 6.16. The average Bonchev–Trinajstić information content (AvgIpc) is 2.23. The van der Waals surface area contributed by atoms with Crippen LogP contribution < -0.4 is 5.32 Å². The molecule has 1 radical (unpaired) electrons. The Morgan fingerprint density at radius 2 is 2.00 bits per heavy atom. The van der Waals surface area contributed by atoms with Gasteiger partial charge in [-0.05, 0) is 5.92 Å². The first-order valence-corrected chi connectivity index (χ1v) is 4.89. The fourth-order valence-electron chi connectivity index (χ4n) is 1.49. The van der Waals surface area contributed by atoms with E-state index >= 15 is 0 Å². The van der Waals surface area contributed by atoms with Crippen molar-refractivity contribution >= 4 is 5.70 Å². The maximum atomic E-state index is 4.00. The summed E-state index contributed by atoms with van der Waals surface area (Å²) in [5.41, 5.74) is 3.33. The van der Waals surface area contributed by atoms with Crippen LogP contribution in [0.1, 0.15) is 18.9 Å². The Morgan fingerprint density at radius 3 is 2.60 bits per heavy atom. The van der Waals surface area contributed by atoms with Crippen LogP contribution in [-0.2, 0) is 32.7 Å². The number of allylic oxidation sites excluding steroid dienone is 2. The van der Waals surface area contributed by atoms with E-state index in [1.54, 1.807) is 0 Å². The standard InChI is InChI=1S/C13H14N.Y/c1-10-8-9-13(14-11(10)2)12-6-4-3-5-7-12;/h3-7,10,14H,2,8H2,1H3;/q-1;. The fourth-order valence-corrected chi connectivity index (χ4v) is 1.49. The molecule has 15 heavy (non-hydrogen) atoms. The minimum atomic E-state index is 0. The van der Waals surface area contributed by atoms with Gasteiger partial charge < -0.3 is 5.32 Å². The zero-order valence-corrected chi connectivity index (χ0v) is 11.8. The molecule has 1 nitrogen and oxygen atoms in total. The first-order chi connectivity index (χ1) is 6.77. The van der Waals surface area contributed by atoms with Gasteiger partial charge in [0.2, 0.25) is 0 Å². The number of benzene rings is 1. The molecule has 1 aromatic rings. The molecular formula is C13H14NY-. The molecule has 0 amide bonds. The Morgan fingerprint density at radius 1 is 1.33 bits per heavy atom. The van der Waals surface area contributed by atoms with E-state index in [9.17, 15) is 0 Å². The quantitative estimate of drug-likeness (QED) is 0.776. The Kier molecular flexibility index (Phi) is 4.75. The molecule has 1 unspecified atom stereocenters. The van der Waals surface area contributed by atoms with Crippen LogP contribution in [0.25, 0.3) is 5.70 Å². The van der Waals surface area contributed by atoms with E-state index in [2.05, 4.69) is 37.0 Å². The maximum Gasteiger partial charge on any atom is 0.00678 e. The van der Waals surface area contributed by atoms with Crippen molar-refractivity contribution in [2.75, 3.05) is 0 Å². The van der Waals surface area contributed by atoms with E-state index in [0.717, 1.165) is 17.8 Å². The molecule has 2 rings (SSSR count). The number of nitrogens with one attached hydrogen (secondary N) is 1. The van der Waals surface area contributed by atoms with Crippen LogP contribution in [0.2, 0.25) is 0 Å². The summed E-state index contributed by atoms with van der Waals surface area (Å²) >= 11 is 0. The predicted octanol–water partition coefficient (Wildman–Crippen LogP) is 2.97. The topological polar surface area (TPSA) is 12.0 Å². The molecule has 1 atom stereocenters. The van der Waals surface area contributed by atoms with Crippen LogP contribution in [0.5, 0.6) is 0 Å². The Balaban J connectivity index is 0.00000112. The fraction of sp³-hybridized carbons (Fsp3) is 0.231. The molecule has 0 saturated heterocycles. The summed E-state index contributed by atoms with van der Waals surface area (Å²) in [4.78, 5) is 0. The normalized spacial score (nSPS) is 19.9. The molecule has 0 saturated carbocycles. The van der Waals surface area contributed by atoms with Crippen molar-refractivity contribution in [2.45, 2.75) is 13.3 Å². The average molecular weight is 273 g/mol. The van der Waals surface area contributed by atoms with Gasteiger partial charge in [-0.1, -0.05) is 31.7 Å². The summed E-state index contributed by atoms with van der Waals surface area (Å²) < 4.78 is 0. The third-order valence-corrected chi connectivity index (χ3v) is 2.53. The number of hydrogen-bond donors (Lipinski definition) is 1. The van der Waals surface area contributed by atoms with E-state index in [4.69, 9.17) is 0 Å². The third-order valence-electron chi connectivity index (χ3n) is 2.53. The molecule has 0 spiro atoms. The molecule has 1 N–H and O–H groups in total. The Labute approximate surface area is 117 Å². The van der Waals surface area contributed by atoms with E-state index in [1.165, 1.54) is 5.56 Å². The summed E-state index contributed by atoms with van der Waals surface area (Å²) in [7, 11) is 0. The Bertz CT molecular complexity index is 367. The van der Waals surface area contributed by atoms with Crippen LogP contribution in [0.15, 0.2) is 42.6 Å². The number of hydrogen-bond acceptors (Lipinski definition) is 1. The zero-order chi connectivity index (χ0) is 9.97. The molecule has 0 aliphatic carbocycles. The van der Waals surface area contributed by atoms with Crippen molar-refractivity contribution in [3.63, 3.8) is 0 Å². The van der Waals surface area contributed by atoms with Gasteiger partial charge in [0, 0.05) is 38.4 Å². The molecule has 1 aliphatic heterocycles. The van der Waals surface area contributed by atoms with E-state index in [1.807, 2.05) is 18.2 Å². The molecule has 0 fully saturated rings. The van der Waals surface area contributed by atoms with Gasteiger partial charge in [0.1, 0.15) is 0 Å². The van der Waals surface area contributed by atoms with Crippen LogP contribution in [0, 0.1) is 12.0 Å². The first-order valence-electron chi connectivity index (χ1n) is 4.89. The van der Waals surface area contributed by atoms with E-state index < -0.39 is 0 Å². The molecular weight excluding hydrogens is 259 g/mol. The maximum absolute atomic E-state index is 4.00. The Hall–Kier alpha value is -0.396. The minimum Gasteiger partial charge on any atom is -0.393 e. The second-order valence-electron chi connectivity index (χ2n) is 3.67. The summed E-state index contributed by atoms with van der Waals surface area (Å²) in [5.74, 6) is 0.488. The SMILES string of the molecule is C=C1NC(c2ccccc2)=[C-]CC1C.[Y]. The van der Waals surface area contributed by atoms with Crippen molar-refractivity contribution in [3.05, 3.63) is 54.2 Å². The monoisotopic (exact) mass is 273 g/mol. The third kappa shape index (κ3) is 3.03. The van der Waals surface area contributed by atoms with Crippen molar-refractivity contribution in [1.82, 2.24) is 5.32 Å². The summed E-state index contributed by atoms with van der Waals surface area (Å²) in [6, 6.07) is 10.3. The van der Waals surface area contributed by atoms with Crippen LogP contribution >= 0.6 is 0 Å². The minimum absolute atomic E-state index is 0. The molecule has 1 heterocycles. The van der Waals surface area contributed by atoms with E-state index in [0.29, 0.717) is 5.92 Å². The summed E-state index contributed by atoms with van der Waals surface area (Å²) in [5, 5.41) is 3.29. The van der Waals surface area contributed by atoms with Gasteiger partial charge in [-0.2, -0.15) is 5.56 Å². The molecule has 0 bridgehead atoms. The van der Waals surface area contributed by atoms with Crippen molar-refractivity contribution < 1.29 is 32.7 Å². The largest absolute Gasteiger partial charge is 0.393 e. The second kappa shape index (κ2) is 5.62. The number of rotatable bonds is 1. The van der Waals surface area contributed by atoms with Crippen molar-refractivity contribution in [1.29, 1.82) is 0 Å². The van der Waals surface area contributed by atoms with Gasteiger partial charge in [-0.3, -0.25) is 0 Å². The van der Waals surface area contributed by atoms with E-state index in [-0.39, 0.29) is 32.7 Å². The predicted molar refractivity (Wildman–Crippen MR) is 59.1 cm³/mol. The van der Waals surface area contributed by atoms with Gasteiger partial charge >= 0.3 is 0 Å². The first kappa shape index (κ1) is 12.7. The molecule has 1 aromatic carbocycles. The van der Waals surface area contributed by atoms with Gasteiger partial charge in [0.25, 0.3) is 0 Å². The molecule has 0 aromatic heterocycles. The van der Waals surface area contributed by atoms with Crippen molar-refractivity contribution in [2.24, 2.45) is 5.92 Å². The second-order valence-corrected chi connectivity index (χ2v) is 3.67.